The van der Waals surface area contributed by atoms with Crippen LogP contribution in [0.5, 0.6) is 0 Å². The minimum Gasteiger partial charge on any atom is -0.352 e. The predicted octanol–water partition coefficient (Wildman–Crippen LogP) is 2.13. The molecule has 3 amide bonds. The van der Waals surface area contributed by atoms with Crippen molar-refractivity contribution < 1.29 is 19.3 Å². The van der Waals surface area contributed by atoms with Gasteiger partial charge in [-0.3, -0.25) is 29.4 Å². The Balaban J connectivity index is 1.74. The summed E-state index contributed by atoms with van der Waals surface area (Å²) in [6.07, 6.45) is 3.01. The van der Waals surface area contributed by atoms with Gasteiger partial charge in [0.25, 0.3) is 17.5 Å². The number of fused-ring (bicyclic) bond motifs is 1. The zero-order valence-electron chi connectivity index (χ0n) is 14.7. The van der Waals surface area contributed by atoms with Gasteiger partial charge in [0.15, 0.2) is 0 Å². The number of hydrogen-bond acceptors (Lipinski definition) is 5. The first-order valence-corrected chi connectivity index (χ1v) is 8.74. The Hall–Kier alpha value is -2.77. The van der Waals surface area contributed by atoms with Crippen LogP contribution in [0.3, 0.4) is 0 Å². The molecule has 3 rings (SSSR count). The Bertz CT molecular complexity index is 791. The van der Waals surface area contributed by atoms with Crippen molar-refractivity contribution in [1.82, 2.24) is 10.2 Å². The second-order valence-electron chi connectivity index (χ2n) is 7.09. The molecule has 0 saturated heterocycles. The molecule has 1 aromatic rings. The van der Waals surface area contributed by atoms with Gasteiger partial charge in [-0.25, -0.2) is 0 Å². The number of nitro benzene ring substituents is 1. The summed E-state index contributed by atoms with van der Waals surface area (Å²) in [5.41, 5.74) is -0.690. The lowest BCUT2D eigenvalue weighted by atomic mass is 9.78. The molecular formula is C18H21N3O5. The number of hydrogen-bond donors (Lipinski definition) is 1. The molecule has 1 aromatic carbocycles. The maximum atomic E-state index is 12.5. The van der Waals surface area contributed by atoms with Gasteiger partial charge in [-0.15, -0.1) is 0 Å². The molecule has 1 aliphatic heterocycles. The van der Waals surface area contributed by atoms with Gasteiger partial charge in [0.2, 0.25) is 5.91 Å². The molecule has 3 atom stereocenters. The largest absolute Gasteiger partial charge is 0.352 e. The Labute approximate surface area is 150 Å². The van der Waals surface area contributed by atoms with E-state index in [1.165, 1.54) is 18.2 Å². The van der Waals surface area contributed by atoms with E-state index in [0.29, 0.717) is 11.8 Å². The first kappa shape index (κ1) is 18.0. The predicted molar refractivity (Wildman–Crippen MR) is 92.6 cm³/mol. The lowest BCUT2D eigenvalue weighted by molar-refractivity contribution is -0.385. The number of carbonyl (C=O) groups excluding carboxylic acids is 3. The van der Waals surface area contributed by atoms with Gasteiger partial charge in [-0.2, -0.15) is 0 Å². The Kier molecular flexibility index (Phi) is 4.76. The van der Waals surface area contributed by atoms with E-state index < -0.39 is 34.9 Å². The molecule has 0 spiro atoms. The second-order valence-corrected chi connectivity index (χ2v) is 7.09. The summed E-state index contributed by atoms with van der Waals surface area (Å²) in [6, 6.07) is 3.91. The SMILES string of the molecule is CC1CCCC(NC(=O)CN2C(=O)c3cccc([N+](=O)[O-])c3C2=O)C1C. The Morgan fingerprint density at radius 1 is 1.27 bits per heavy atom. The molecule has 1 N–H and O–H groups in total. The van der Waals surface area contributed by atoms with E-state index in [2.05, 4.69) is 19.2 Å². The van der Waals surface area contributed by atoms with E-state index in [9.17, 15) is 24.5 Å². The zero-order chi connectivity index (χ0) is 19.0. The highest BCUT2D eigenvalue weighted by molar-refractivity contribution is 6.24. The quantitative estimate of drug-likeness (QED) is 0.503. The third-order valence-electron chi connectivity index (χ3n) is 5.53. The highest BCUT2D eigenvalue weighted by Crippen LogP contribution is 2.31. The fourth-order valence-corrected chi connectivity index (χ4v) is 3.79. The topological polar surface area (TPSA) is 110 Å². The third kappa shape index (κ3) is 3.07. The Morgan fingerprint density at radius 2 is 2.00 bits per heavy atom. The van der Waals surface area contributed by atoms with Crippen LogP contribution in [0.2, 0.25) is 0 Å². The first-order valence-electron chi connectivity index (χ1n) is 8.74. The number of nitrogens with zero attached hydrogens (tertiary/aromatic N) is 2. The molecule has 8 nitrogen and oxygen atoms in total. The van der Waals surface area contributed by atoms with Gasteiger partial charge < -0.3 is 5.32 Å². The molecular weight excluding hydrogens is 338 g/mol. The van der Waals surface area contributed by atoms with Crippen LogP contribution in [-0.2, 0) is 4.79 Å². The molecule has 1 aliphatic carbocycles. The van der Waals surface area contributed by atoms with Crippen LogP contribution >= 0.6 is 0 Å². The first-order chi connectivity index (χ1) is 12.3. The van der Waals surface area contributed by atoms with Crippen molar-refractivity contribution in [2.45, 2.75) is 39.2 Å². The van der Waals surface area contributed by atoms with Gasteiger partial charge in [0.1, 0.15) is 12.1 Å². The fourth-order valence-electron chi connectivity index (χ4n) is 3.79. The molecule has 138 valence electrons. The summed E-state index contributed by atoms with van der Waals surface area (Å²) in [5.74, 6) is -1.08. The third-order valence-corrected chi connectivity index (χ3v) is 5.53. The lowest BCUT2D eigenvalue weighted by Crippen LogP contribution is -2.48. The fraction of sp³-hybridized carbons (Fsp3) is 0.500. The Morgan fingerprint density at radius 3 is 2.69 bits per heavy atom. The van der Waals surface area contributed by atoms with Crippen LogP contribution in [0.1, 0.15) is 53.8 Å². The number of amides is 3. The van der Waals surface area contributed by atoms with E-state index in [-0.39, 0.29) is 17.2 Å². The summed E-state index contributed by atoms with van der Waals surface area (Å²) in [7, 11) is 0. The minimum absolute atomic E-state index is 0.00997. The minimum atomic E-state index is -0.794. The van der Waals surface area contributed by atoms with Crippen molar-refractivity contribution in [3.8, 4) is 0 Å². The molecule has 1 saturated carbocycles. The van der Waals surface area contributed by atoms with Gasteiger partial charge in [-0.05, 0) is 24.3 Å². The summed E-state index contributed by atoms with van der Waals surface area (Å²) in [5, 5.41) is 14.0. The average Bonchev–Trinajstić information content (AvgIpc) is 2.84. The average molecular weight is 359 g/mol. The number of nitrogens with one attached hydrogen (secondary N) is 1. The van der Waals surface area contributed by atoms with Crippen molar-refractivity contribution in [2.75, 3.05) is 6.54 Å². The summed E-state index contributed by atoms with van der Waals surface area (Å²) < 4.78 is 0. The molecule has 3 unspecified atom stereocenters. The number of imide groups is 1. The molecule has 1 heterocycles. The van der Waals surface area contributed by atoms with Crippen LogP contribution in [-0.4, -0.2) is 40.1 Å². The maximum Gasteiger partial charge on any atom is 0.282 e. The molecule has 8 heteroatoms. The van der Waals surface area contributed by atoms with Crippen LogP contribution in [0.4, 0.5) is 5.69 Å². The smallest absolute Gasteiger partial charge is 0.282 e. The molecule has 0 bridgehead atoms. The van der Waals surface area contributed by atoms with Gasteiger partial charge in [0.05, 0.1) is 10.5 Å². The van der Waals surface area contributed by atoms with E-state index in [1.807, 2.05) is 0 Å². The molecule has 0 aromatic heterocycles. The number of benzene rings is 1. The van der Waals surface area contributed by atoms with Gasteiger partial charge in [-0.1, -0.05) is 32.8 Å². The zero-order valence-corrected chi connectivity index (χ0v) is 14.7. The maximum absolute atomic E-state index is 12.5. The highest BCUT2D eigenvalue weighted by Gasteiger charge is 2.42. The number of rotatable bonds is 4. The van der Waals surface area contributed by atoms with E-state index in [1.54, 1.807) is 0 Å². The van der Waals surface area contributed by atoms with Crippen molar-refractivity contribution in [1.29, 1.82) is 0 Å². The van der Waals surface area contributed by atoms with Crippen molar-refractivity contribution in [3.63, 3.8) is 0 Å². The summed E-state index contributed by atoms with van der Waals surface area (Å²) in [6.45, 7) is 3.80. The normalized spacial score (nSPS) is 25.2. The molecule has 1 fully saturated rings. The summed E-state index contributed by atoms with van der Waals surface area (Å²) in [4.78, 5) is 48.5. The molecule has 26 heavy (non-hydrogen) atoms. The van der Waals surface area contributed by atoms with Crippen molar-refractivity contribution >= 4 is 23.4 Å². The highest BCUT2D eigenvalue weighted by atomic mass is 16.6. The monoisotopic (exact) mass is 359 g/mol. The van der Waals surface area contributed by atoms with Crippen LogP contribution in [0.15, 0.2) is 18.2 Å². The number of carbonyl (C=O) groups is 3. The van der Waals surface area contributed by atoms with Crippen LogP contribution < -0.4 is 5.32 Å². The number of nitro groups is 1. The van der Waals surface area contributed by atoms with Gasteiger partial charge in [0, 0.05) is 12.1 Å². The van der Waals surface area contributed by atoms with Crippen molar-refractivity contribution in [2.24, 2.45) is 11.8 Å². The van der Waals surface area contributed by atoms with E-state index in [0.717, 1.165) is 24.2 Å². The van der Waals surface area contributed by atoms with Crippen LogP contribution in [0, 0.1) is 22.0 Å². The standard InChI is InChI=1S/C18H21N3O5/c1-10-5-3-7-13(11(10)2)19-15(22)9-20-17(23)12-6-4-8-14(21(25)26)16(12)18(20)24/h4,6,8,10-11,13H,3,5,7,9H2,1-2H3,(H,19,22). The molecule has 0 radical (unpaired) electrons. The lowest BCUT2D eigenvalue weighted by Gasteiger charge is -2.34. The van der Waals surface area contributed by atoms with Crippen LogP contribution in [0.25, 0.3) is 0 Å². The van der Waals surface area contributed by atoms with Crippen molar-refractivity contribution in [3.05, 3.63) is 39.4 Å². The second kappa shape index (κ2) is 6.86. The van der Waals surface area contributed by atoms with E-state index >= 15 is 0 Å². The van der Waals surface area contributed by atoms with Gasteiger partial charge >= 0.3 is 0 Å². The molecule has 2 aliphatic rings. The van der Waals surface area contributed by atoms with E-state index in [4.69, 9.17) is 0 Å². The summed E-state index contributed by atoms with van der Waals surface area (Å²) >= 11 is 0.